The summed E-state index contributed by atoms with van der Waals surface area (Å²) in [4.78, 5) is 12.7. The van der Waals surface area contributed by atoms with Crippen LogP contribution in [0.15, 0.2) is 65.3 Å². The molecule has 9 heteroatoms. The molecule has 0 bridgehead atoms. The number of carbonyl (C=O) groups excluding carboxylic acids is 1. The van der Waals surface area contributed by atoms with Crippen molar-refractivity contribution >= 4 is 17.6 Å². The molecule has 1 unspecified atom stereocenters. The van der Waals surface area contributed by atoms with Crippen molar-refractivity contribution in [3.8, 4) is 23.3 Å². The van der Waals surface area contributed by atoms with E-state index in [4.69, 9.17) is 41.0 Å². The lowest BCUT2D eigenvalue weighted by molar-refractivity contribution is -0.139. The van der Waals surface area contributed by atoms with Crippen molar-refractivity contribution in [3.05, 3.63) is 75.8 Å². The summed E-state index contributed by atoms with van der Waals surface area (Å²) in [6.45, 7) is 4.05. The Morgan fingerprint density at radius 1 is 1.15 bits per heavy atom. The monoisotopic (exact) mass is 484 g/mol. The van der Waals surface area contributed by atoms with Crippen molar-refractivity contribution in [3.63, 3.8) is 0 Å². The van der Waals surface area contributed by atoms with E-state index in [1.807, 2.05) is 0 Å². The van der Waals surface area contributed by atoms with Gasteiger partial charge in [-0.1, -0.05) is 17.7 Å². The topological polar surface area (TPSA) is 113 Å². The predicted octanol–water partition coefficient (Wildman–Crippen LogP) is 4.45. The molecule has 1 aliphatic heterocycles. The van der Waals surface area contributed by atoms with Crippen LogP contribution in [-0.4, -0.2) is 32.9 Å². The second-order valence-electron chi connectivity index (χ2n) is 7.18. The highest BCUT2D eigenvalue weighted by atomic mass is 35.5. The number of hydrogen-bond acceptors (Lipinski definition) is 8. The number of ether oxygens (including phenoxy) is 5. The fraction of sp³-hybridized carbons (Fsp3) is 0.280. The second kappa shape index (κ2) is 11.3. The first-order valence-electron chi connectivity index (χ1n) is 10.5. The summed E-state index contributed by atoms with van der Waals surface area (Å²) in [7, 11) is 1.50. The molecular weight excluding hydrogens is 460 g/mol. The van der Waals surface area contributed by atoms with E-state index in [2.05, 4.69) is 6.07 Å². The van der Waals surface area contributed by atoms with Crippen LogP contribution in [0.4, 0.5) is 0 Å². The second-order valence-corrected chi connectivity index (χ2v) is 7.61. The van der Waals surface area contributed by atoms with Crippen molar-refractivity contribution < 1.29 is 28.5 Å². The molecule has 0 fully saturated rings. The number of nitrogens with two attached hydrogens (primary N) is 1. The normalized spacial score (nSPS) is 15.3. The summed E-state index contributed by atoms with van der Waals surface area (Å²) in [5.74, 6) is 0.448. The summed E-state index contributed by atoms with van der Waals surface area (Å²) in [5, 5.41) is 10.4. The molecule has 2 aromatic rings. The van der Waals surface area contributed by atoms with Gasteiger partial charge in [0.25, 0.3) is 0 Å². The SMILES string of the molecule is CCOC(=O)C1=C(C)OC(N)=C(C#N)C1c1ccc(OCCOc2ccc(Cl)cc2)c(OC)c1. The van der Waals surface area contributed by atoms with E-state index in [1.54, 1.807) is 56.3 Å². The molecule has 0 amide bonds. The molecule has 1 aliphatic rings. The van der Waals surface area contributed by atoms with Gasteiger partial charge in [-0.3, -0.25) is 0 Å². The van der Waals surface area contributed by atoms with E-state index >= 15 is 0 Å². The molecule has 1 heterocycles. The Bertz CT molecular complexity index is 1150. The first-order valence-corrected chi connectivity index (χ1v) is 10.9. The third-order valence-electron chi connectivity index (χ3n) is 5.05. The fourth-order valence-corrected chi connectivity index (χ4v) is 3.64. The van der Waals surface area contributed by atoms with E-state index in [-0.39, 0.29) is 36.0 Å². The number of hydrogen-bond donors (Lipinski definition) is 1. The van der Waals surface area contributed by atoms with Gasteiger partial charge >= 0.3 is 5.97 Å². The molecule has 0 saturated heterocycles. The van der Waals surface area contributed by atoms with Crippen molar-refractivity contribution in [2.75, 3.05) is 26.9 Å². The molecule has 0 saturated carbocycles. The van der Waals surface area contributed by atoms with Crippen molar-refractivity contribution in [2.45, 2.75) is 19.8 Å². The Labute approximate surface area is 203 Å². The Morgan fingerprint density at radius 3 is 2.50 bits per heavy atom. The Kier molecular flexibility index (Phi) is 8.28. The molecule has 3 rings (SSSR count). The fourth-order valence-electron chi connectivity index (χ4n) is 3.51. The van der Waals surface area contributed by atoms with Crippen molar-refractivity contribution in [1.82, 2.24) is 0 Å². The molecule has 178 valence electrons. The van der Waals surface area contributed by atoms with E-state index in [0.29, 0.717) is 34.4 Å². The highest BCUT2D eigenvalue weighted by Crippen LogP contribution is 2.42. The lowest BCUT2D eigenvalue weighted by atomic mass is 9.83. The molecule has 2 N–H and O–H groups in total. The average Bonchev–Trinajstić information content (AvgIpc) is 2.82. The largest absolute Gasteiger partial charge is 0.493 e. The summed E-state index contributed by atoms with van der Waals surface area (Å²) in [6.07, 6.45) is 0. The number of halogens is 1. The van der Waals surface area contributed by atoms with Gasteiger partial charge < -0.3 is 29.4 Å². The van der Waals surface area contributed by atoms with Crippen LogP contribution in [-0.2, 0) is 14.3 Å². The Morgan fingerprint density at radius 2 is 1.85 bits per heavy atom. The van der Waals surface area contributed by atoms with Crippen molar-refractivity contribution in [2.24, 2.45) is 5.73 Å². The van der Waals surface area contributed by atoms with Crippen LogP contribution in [0.25, 0.3) is 0 Å². The minimum Gasteiger partial charge on any atom is -0.493 e. The minimum atomic E-state index is -0.769. The van der Waals surface area contributed by atoms with Gasteiger partial charge in [-0.05, 0) is 55.8 Å². The quantitative estimate of drug-likeness (QED) is 0.410. The number of nitrogens with zero attached hydrogens (tertiary/aromatic N) is 1. The number of allylic oxidation sites excluding steroid dienone is 2. The third-order valence-corrected chi connectivity index (χ3v) is 5.30. The molecule has 0 aliphatic carbocycles. The first kappa shape index (κ1) is 24.8. The van der Waals surface area contributed by atoms with Gasteiger partial charge in [0.15, 0.2) is 11.5 Å². The lowest BCUT2D eigenvalue weighted by Gasteiger charge is -2.27. The molecule has 0 spiro atoms. The molecule has 1 atom stereocenters. The van der Waals surface area contributed by atoms with Gasteiger partial charge in [0.05, 0.1) is 25.2 Å². The summed E-state index contributed by atoms with van der Waals surface area (Å²) < 4.78 is 27.6. The van der Waals surface area contributed by atoms with Gasteiger partial charge in [-0.15, -0.1) is 0 Å². The molecular formula is C25H25ClN2O6. The summed E-state index contributed by atoms with van der Waals surface area (Å²) in [5.41, 5.74) is 6.88. The van der Waals surface area contributed by atoms with Crippen LogP contribution >= 0.6 is 11.6 Å². The van der Waals surface area contributed by atoms with Crippen LogP contribution < -0.4 is 19.9 Å². The maximum Gasteiger partial charge on any atom is 0.338 e. The average molecular weight is 485 g/mol. The molecule has 8 nitrogen and oxygen atoms in total. The van der Waals surface area contributed by atoms with Gasteiger partial charge in [0.2, 0.25) is 5.88 Å². The highest BCUT2D eigenvalue weighted by Gasteiger charge is 2.36. The molecule has 0 aromatic heterocycles. The first-order chi connectivity index (χ1) is 16.4. The Balaban J connectivity index is 1.81. The van der Waals surface area contributed by atoms with Crippen molar-refractivity contribution in [1.29, 1.82) is 5.26 Å². The summed E-state index contributed by atoms with van der Waals surface area (Å²) in [6, 6.07) is 14.2. The van der Waals surface area contributed by atoms with Gasteiger partial charge in [0.1, 0.15) is 36.4 Å². The maximum absolute atomic E-state index is 12.7. The number of esters is 1. The van der Waals surface area contributed by atoms with Gasteiger partial charge in [-0.25, -0.2) is 4.79 Å². The third kappa shape index (κ3) is 5.56. The number of rotatable bonds is 9. The number of carbonyl (C=O) groups is 1. The van der Waals surface area contributed by atoms with Crippen LogP contribution in [0.2, 0.25) is 5.02 Å². The Hall–Kier alpha value is -3.83. The maximum atomic E-state index is 12.7. The van der Waals surface area contributed by atoms with Gasteiger partial charge in [0, 0.05) is 5.02 Å². The van der Waals surface area contributed by atoms with Crippen LogP contribution in [0.3, 0.4) is 0 Å². The standard InChI is InChI=1S/C25H25ClN2O6/c1-4-31-25(29)22-15(2)34-24(28)19(14-27)23(22)16-5-10-20(21(13-16)30-3)33-12-11-32-18-8-6-17(26)7-9-18/h5-10,13,23H,4,11-12,28H2,1-3H3. The number of methoxy groups -OCH3 is 1. The number of nitriles is 1. The van der Waals surface area contributed by atoms with Crippen LogP contribution in [0.1, 0.15) is 25.3 Å². The van der Waals surface area contributed by atoms with E-state index < -0.39 is 11.9 Å². The smallest absolute Gasteiger partial charge is 0.338 e. The lowest BCUT2D eigenvalue weighted by Crippen LogP contribution is -2.25. The number of benzene rings is 2. The van der Waals surface area contributed by atoms with Gasteiger partial charge in [-0.2, -0.15) is 5.26 Å². The zero-order chi connectivity index (χ0) is 24.7. The van der Waals surface area contributed by atoms with E-state index in [1.165, 1.54) is 7.11 Å². The predicted molar refractivity (Wildman–Crippen MR) is 125 cm³/mol. The minimum absolute atomic E-state index is 0.0586. The summed E-state index contributed by atoms with van der Waals surface area (Å²) >= 11 is 5.87. The zero-order valence-corrected chi connectivity index (χ0v) is 19.8. The van der Waals surface area contributed by atoms with E-state index in [0.717, 1.165) is 0 Å². The highest BCUT2D eigenvalue weighted by molar-refractivity contribution is 6.30. The van der Waals surface area contributed by atoms with Crippen LogP contribution in [0.5, 0.6) is 17.2 Å². The zero-order valence-electron chi connectivity index (χ0n) is 19.1. The van der Waals surface area contributed by atoms with E-state index in [9.17, 15) is 10.1 Å². The van der Waals surface area contributed by atoms with Crippen LogP contribution in [0, 0.1) is 11.3 Å². The molecule has 34 heavy (non-hydrogen) atoms. The molecule has 0 radical (unpaired) electrons. The molecule has 2 aromatic carbocycles.